The van der Waals surface area contributed by atoms with Crippen LogP contribution in [0.1, 0.15) is 29.8 Å². The van der Waals surface area contributed by atoms with Gasteiger partial charge < -0.3 is 0 Å². The fourth-order valence-corrected chi connectivity index (χ4v) is 5.32. The van der Waals surface area contributed by atoms with Crippen LogP contribution in [0.2, 0.25) is 0 Å². The van der Waals surface area contributed by atoms with Gasteiger partial charge in [0.05, 0.1) is 17.7 Å². The Hall–Kier alpha value is -3.02. The standard InChI is InChI=1S/C23H22N4O3S/c24-12-15-13-27(14-15)31(29,30)26-18-8-6-16(7-9-18)21-10-19(11-23(28)17-4-5-17)25-22-3-1-2-20(21)22/h1-2,6-10,15,17,26H,3-5,11,13-14H2. The van der Waals surface area contributed by atoms with Gasteiger partial charge in [0.25, 0.3) is 0 Å². The lowest BCUT2D eigenvalue weighted by Gasteiger charge is -2.33. The molecule has 2 fully saturated rings. The lowest BCUT2D eigenvalue weighted by atomic mass is 9.97. The fraction of sp³-hybridized carbons (Fsp3) is 0.348. The summed E-state index contributed by atoms with van der Waals surface area (Å²) in [7, 11) is -3.66. The third-order valence-electron chi connectivity index (χ3n) is 5.99. The molecule has 0 radical (unpaired) electrons. The molecule has 1 N–H and O–H groups in total. The number of aromatic nitrogens is 1. The molecule has 0 amide bonds. The highest BCUT2D eigenvalue weighted by Crippen LogP contribution is 2.34. The van der Waals surface area contributed by atoms with Gasteiger partial charge in [-0.1, -0.05) is 24.3 Å². The van der Waals surface area contributed by atoms with Crippen molar-refractivity contribution < 1.29 is 13.2 Å². The monoisotopic (exact) mass is 434 g/mol. The lowest BCUT2D eigenvalue weighted by Crippen LogP contribution is -2.51. The molecule has 2 heterocycles. The second-order valence-corrected chi connectivity index (χ2v) is 10.0. The Morgan fingerprint density at radius 3 is 2.65 bits per heavy atom. The topological polar surface area (TPSA) is 103 Å². The van der Waals surface area contributed by atoms with E-state index in [0.717, 1.165) is 47.3 Å². The molecule has 0 spiro atoms. The molecule has 2 aliphatic carbocycles. The van der Waals surface area contributed by atoms with Crippen molar-refractivity contribution >= 4 is 27.8 Å². The summed E-state index contributed by atoms with van der Waals surface area (Å²) in [6.45, 7) is 0.448. The molecule has 1 aromatic heterocycles. The van der Waals surface area contributed by atoms with Crippen molar-refractivity contribution in [2.75, 3.05) is 17.8 Å². The Balaban J connectivity index is 1.37. The highest BCUT2D eigenvalue weighted by atomic mass is 32.2. The van der Waals surface area contributed by atoms with E-state index >= 15 is 0 Å². The Bertz CT molecular complexity index is 1220. The highest BCUT2D eigenvalue weighted by molar-refractivity contribution is 7.90. The summed E-state index contributed by atoms with van der Waals surface area (Å²) in [4.78, 5) is 17.0. The number of pyridine rings is 1. The van der Waals surface area contributed by atoms with E-state index in [4.69, 9.17) is 10.2 Å². The van der Waals surface area contributed by atoms with Crippen LogP contribution in [0.25, 0.3) is 17.2 Å². The maximum Gasteiger partial charge on any atom is 0.301 e. The number of carbonyl (C=O) groups excluding carboxylic acids is 1. The SMILES string of the molecule is N#CC1CN(S(=O)(=O)Nc2ccc(-c3cc(CC(=O)C4CC4)nc4c3C=CC4)cc2)C1. The Kier molecular flexibility index (Phi) is 4.88. The normalized spacial score (nSPS) is 18.3. The first-order valence-electron chi connectivity index (χ1n) is 10.4. The van der Waals surface area contributed by atoms with Gasteiger partial charge in [-0.2, -0.15) is 18.0 Å². The van der Waals surface area contributed by atoms with Crippen molar-refractivity contribution in [1.82, 2.24) is 9.29 Å². The van der Waals surface area contributed by atoms with Gasteiger partial charge in [-0.25, -0.2) is 0 Å². The molecule has 1 saturated carbocycles. The fourth-order valence-electron chi connectivity index (χ4n) is 4.00. The van der Waals surface area contributed by atoms with Crippen LogP contribution in [0.4, 0.5) is 5.69 Å². The number of carbonyl (C=O) groups is 1. The summed E-state index contributed by atoms with van der Waals surface area (Å²) in [6.07, 6.45) is 7.22. The van der Waals surface area contributed by atoms with Crippen LogP contribution in [0.15, 0.2) is 36.4 Å². The van der Waals surface area contributed by atoms with Crippen LogP contribution in [-0.4, -0.2) is 36.6 Å². The molecular formula is C23H22N4O3S. The van der Waals surface area contributed by atoms with E-state index in [1.807, 2.05) is 18.2 Å². The Morgan fingerprint density at radius 1 is 1.23 bits per heavy atom. The van der Waals surface area contributed by atoms with Crippen LogP contribution in [0.5, 0.6) is 0 Å². The number of anilines is 1. The zero-order chi connectivity index (χ0) is 21.6. The summed E-state index contributed by atoms with van der Waals surface area (Å²) in [6, 6.07) is 11.3. The molecule has 0 unspecified atom stereocenters. The zero-order valence-electron chi connectivity index (χ0n) is 16.9. The van der Waals surface area contributed by atoms with Crippen molar-refractivity contribution in [2.24, 2.45) is 11.8 Å². The van der Waals surface area contributed by atoms with Gasteiger partial charge in [-0.15, -0.1) is 0 Å². The van der Waals surface area contributed by atoms with Crippen molar-refractivity contribution in [2.45, 2.75) is 25.7 Å². The van der Waals surface area contributed by atoms with E-state index in [1.54, 1.807) is 12.1 Å². The molecule has 1 aromatic carbocycles. The number of ketones is 1. The first kappa shape index (κ1) is 19.9. The number of nitriles is 1. The molecule has 8 heteroatoms. The number of Topliss-reactive ketones (excluding diaryl/α,β-unsaturated/α-hetero) is 1. The number of nitrogens with zero attached hydrogens (tertiary/aromatic N) is 3. The molecule has 31 heavy (non-hydrogen) atoms. The Labute approximate surface area is 181 Å². The molecular weight excluding hydrogens is 412 g/mol. The molecule has 158 valence electrons. The molecule has 7 nitrogen and oxygen atoms in total. The summed E-state index contributed by atoms with van der Waals surface area (Å²) in [5.74, 6) is 0.235. The van der Waals surface area contributed by atoms with E-state index < -0.39 is 10.2 Å². The molecule has 2 aromatic rings. The van der Waals surface area contributed by atoms with Crippen molar-refractivity contribution in [3.8, 4) is 17.2 Å². The van der Waals surface area contributed by atoms with Crippen LogP contribution in [-0.2, 0) is 27.8 Å². The van der Waals surface area contributed by atoms with Crippen molar-refractivity contribution in [1.29, 1.82) is 5.26 Å². The van der Waals surface area contributed by atoms with E-state index in [2.05, 4.69) is 22.9 Å². The minimum absolute atomic E-state index is 0.207. The second kappa shape index (κ2) is 7.59. The maximum absolute atomic E-state index is 12.4. The number of hydrogen-bond acceptors (Lipinski definition) is 5. The minimum atomic E-state index is -3.66. The highest BCUT2D eigenvalue weighted by Gasteiger charge is 2.35. The smallest absolute Gasteiger partial charge is 0.299 e. The van der Waals surface area contributed by atoms with Crippen LogP contribution >= 0.6 is 0 Å². The summed E-state index contributed by atoms with van der Waals surface area (Å²) < 4.78 is 28.7. The van der Waals surface area contributed by atoms with Gasteiger partial charge in [-0.05, 0) is 42.2 Å². The van der Waals surface area contributed by atoms with Gasteiger partial charge in [0.15, 0.2) is 0 Å². The number of fused-ring (bicyclic) bond motifs is 1. The zero-order valence-corrected chi connectivity index (χ0v) is 17.7. The molecule has 3 aliphatic rings. The third kappa shape index (κ3) is 3.99. The van der Waals surface area contributed by atoms with Crippen LogP contribution in [0, 0.1) is 23.2 Å². The Morgan fingerprint density at radius 2 is 1.97 bits per heavy atom. The van der Waals surface area contributed by atoms with E-state index in [0.29, 0.717) is 12.1 Å². The van der Waals surface area contributed by atoms with Crippen molar-refractivity contribution in [3.63, 3.8) is 0 Å². The second-order valence-electron chi connectivity index (χ2n) is 8.37. The summed E-state index contributed by atoms with van der Waals surface area (Å²) in [5.41, 5.74) is 5.25. The number of nitrogens with one attached hydrogen (secondary N) is 1. The van der Waals surface area contributed by atoms with Gasteiger partial charge in [-0.3, -0.25) is 14.5 Å². The predicted molar refractivity (Wildman–Crippen MR) is 117 cm³/mol. The number of rotatable bonds is 7. The quantitative estimate of drug-likeness (QED) is 0.722. The van der Waals surface area contributed by atoms with E-state index in [9.17, 15) is 13.2 Å². The maximum atomic E-state index is 12.4. The molecule has 1 aliphatic heterocycles. The number of allylic oxidation sites excluding steroid dienone is 1. The van der Waals surface area contributed by atoms with Gasteiger partial charge >= 0.3 is 10.2 Å². The molecule has 1 saturated heterocycles. The third-order valence-corrected chi connectivity index (χ3v) is 7.46. The molecule has 0 atom stereocenters. The van der Waals surface area contributed by atoms with E-state index in [-0.39, 0.29) is 30.7 Å². The first-order chi connectivity index (χ1) is 14.9. The van der Waals surface area contributed by atoms with Gasteiger partial charge in [0.1, 0.15) is 5.78 Å². The predicted octanol–water partition coefficient (Wildman–Crippen LogP) is 2.95. The van der Waals surface area contributed by atoms with Gasteiger partial charge in [0, 0.05) is 48.8 Å². The van der Waals surface area contributed by atoms with Crippen molar-refractivity contribution in [3.05, 3.63) is 53.4 Å². The number of hydrogen-bond donors (Lipinski definition) is 1. The minimum Gasteiger partial charge on any atom is -0.299 e. The number of benzene rings is 1. The largest absolute Gasteiger partial charge is 0.301 e. The van der Waals surface area contributed by atoms with Crippen LogP contribution < -0.4 is 4.72 Å². The van der Waals surface area contributed by atoms with E-state index in [1.165, 1.54) is 4.31 Å². The average Bonchev–Trinajstić information content (AvgIpc) is 3.45. The van der Waals surface area contributed by atoms with Crippen LogP contribution in [0.3, 0.4) is 0 Å². The average molecular weight is 435 g/mol. The summed E-state index contributed by atoms with van der Waals surface area (Å²) in [5, 5.41) is 8.84. The molecule has 0 bridgehead atoms. The molecule has 5 rings (SSSR count). The first-order valence-corrected chi connectivity index (χ1v) is 11.9. The lowest BCUT2D eigenvalue weighted by molar-refractivity contribution is -0.119. The van der Waals surface area contributed by atoms with Gasteiger partial charge in [0.2, 0.25) is 0 Å². The summed E-state index contributed by atoms with van der Waals surface area (Å²) >= 11 is 0.